The summed E-state index contributed by atoms with van der Waals surface area (Å²) in [6.07, 6.45) is 8.34. The van der Waals surface area contributed by atoms with E-state index in [-0.39, 0.29) is 15.7 Å². The lowest BCUT2D eigenvalue weighted by Gasteiger charge is -2.33. The van der Waals surface area contributed by atoms with E-state index in [1.807, 2.05) is 6.07 Å². The molecular weight excluding hydrogens is 364 g/mol. The third kappa shape index (κ3) is 4.85. The molecule has 0 bridgehead atoms. The lowest BCUT2D eigenvalue weighted by Crippen LogP contribution is -2.32. The minimum absolute atomic E-state index is 0.0604. The van der Waals surface area contributed by atoms with E-state index in [9.17, 15) is 10.1 Å². The van der Waals surface area contributed by atoms with Gasteiger partial charge in [-0.2, -0.15) is 5.10 Å². The van der Waals surface area contributed by atoms with Gasteiger partial charge in [-0.15, -0.1) is 0 Å². The molecule has 3 rings (SSSR count). The number of anilines is 2. The second kappa shape index (κ2) is 8.98. The minimum Gasteiger partial charge on any atom is -0.375 e. The molecule has 2 fully saturated rings. The summed E-state index contributed by atoms with van der Waals surface area (Å²) < 4.78 is 0. The number of hydrazone groups is 1. The molecule has 8 nitrogen and oxygen atoms in total. The van der Waals surface area contributed by atoms with Crippen LogP contribution >= 0.6 is 12.2 Å². The molecule has 0 saturated carbocycles. The van der Waals surface area contributed by atoms with E-state index in [0.717, 1.165) is 57.5 Å². The average molecular weight is 391 g/mol. The largest absolute Gasteiger partial charge is 0.375 e. The Morgan fingerprint density at radius 1 is 1.07 bits per heavy atom. The number of thiocarbonyl (C=S) groups is 1. The van der Waals surface area contributed by atoms with E-state index in [1.165, 1.54) is 12.8 Å². The summed E-state index contributed by atoms with van der Waals surface area (Å²) in [6.45, 7) is 3.61. The van der Waals surface area contributed by atoms with Gasteiger partial charge in [0.2, 0.25) is 0 Å². The number of hydrogen-bond donors (Lipinski definition) is 2. The van der Waals surface area contributed by atoms with Crippen LogP contribution in [0.15, 0.2) is 17.2 Å². The fourth-order valence-corrected chi connectivity index (χ4v) is 3.85. The Hall–Kier alpha value is -2.42. The molecule has 0 aromatic heterocycles. The summed E-state index contributed by atoms with van der Waals surface area (Å²) in [5.74, 6) is 0. The summed E-state index contributed by atoms with van der Waals surface area (Å²) >= 11 is 4.77. The summed E-state index contributed by atoms with van der Waals surface area (Å²) in [4.78, 5) is 15.9. The highest BCUT2D eigenvalue weighted by Crippen LogP contribution is 2.37. The number of rotatable bonds is 5. The molecule has 2 saturated heterocycles. The quantitative estimate of drug-likeness (QED) is 0.345. The molecule has 0 unspecified atom stereocenters. The van der Waals surface area contributed by atoms with E-state index >= 15 is 0 Å². The van der Waals surface area contributed by atoms with E-state index in [2.05, 4.69) is 20.3 Å². The van der Waals surface area contributed by atoms with Crippen molar-refractivity contribution in [3.63, 3.8) is 0 Å². The highest BCUT2D eigenvalue weighted by Gasteiger charge is 2.26. The lowest BCUT2D eigenvalue weighted by atomic mass is 10.0. The molecule has 9 heteroatoms. The van der Waals surface area contributed by atoms with Gasteiger partial charge in [-0.3, -0.25) is 15.5 Å². The third-order valence-electron chi connectivity index (χ3n) is 5.09. The summed E-state index contributed by atoms with van der Waals surface area (Å²) in [6, 6.07) is 3.59. The summed E-state index contributed by atoms with van der Waals surface area (Å²) in [5, 5.41) is 15.8. The number of nitro groups is 1. The summed E-state index contributed by atoms with van der Waals surface area (Å²) in [5.41, 5.74) is 10.5. The van der Waals surface area contributed by atoms with E-state index in [4.69, 9.17) is 18.0 Å². The highest BCUT2D eigenvalue weighted by atomic mass is 32.1. The van der Waals surface area contributed by atoms with Crippen molar-refractivity contribution < 1.29 is 4.92 Å². The molecular formula is C18H26N6O2S. The Morgan fingerprint density at radius 3 is 2.15 bits per heavy atom. The second-order valence-electron chi connectivity index (χ2n) is 6.99. The normalized spacial score (nSPS) is 17.9. The molecule has 2 heterocycles. The van der Waals surface area contributed by atoms with Crippen LogP contribution in [-0.4, -0.2) is 42.4 Å². The molecule has 3 N–H and O–H groups in total. The van der Waals surface area contributed by atoms with Crippen molar-refractivity contribution in [3.05, 3.63) is 27.8 Å². The number of nitro benzene ring substituents is 1. The van der Waals surface area contributed by atoms with Gasteiger partial charge in [0.1, 0.15) is 5.69 Å². The molecule has 146 valence electrons. The number of hydrogen-bond acceptors (Lipinski definition) is 6. The lowest BCUT2D eigenvalue weighted by molar-refractivity contribution is -0.384. The van der Waals surface area contributed by atoms with Crippen LogP contribution in [0.4, 0.5) is 17.1 Å². The van der Waals surface area contributed by atoms with Gasteiger partial charge in [0.25, 0.3) is 5.69 Å². The number of piperidine rings is 2. The van der Waals surface area contributed by atoms with Crippen LogP contribution < -0.4 is 21.0 Å². The van der Waals surface area contributed by atoms with Crippen molar-refractivity contribution in [3.8, 4) is 0 Å². The minimum atomic E-state index is -0.303. The maximum Gasteiger partial charge on any atom is 0.293 e. The summed E-state index contributed by atoms with van der Waals surface area (Å²) in [7, 11) is 0. The van der Waals surface area contributed by atoms with Gasteiger partial charge in [0.15, 0.2) is 5.11 Å². The van der Waals surface area contributed by atoms with E-state index < -0.39 is 0 Å². The fourth-order valence-electron chi connectivity index (χ4n) is 3.79. The van der Waals surface area contributed by atoms with Crippen LogP contribution in [0.3, 0.4) is 0 Å². The van der Waals surface area contributed by atoms with Gasteiger partial charge < -0.3 is 15.5 Å². The first-order chi connectivity index (χ1) is 13.1. The van der Waals surface area contributed by atoms with Crippen LogP contribution in [0.25, 0.3) is 0 Å². The number of nitrogens with one attached hydrogen (secondary N) is 1. The first-order valence-electron chi connectivity index (χ1n) is 9.47. The van der Waals surface area contributed by atoms with Crippen molar-refractivity contribution >= 4 is 40.6 Å². The molecule has 2 aliphatic rings. The molecule has 1 aromatic carbocycles. The Balaban J connectivity index is 2.03. The molecule has 27 heavy (non-hydrogen) atoms. The Labute approximate surface area is 164 Å². The van der Waals surface area contributed by atoms with Crippen molar-refractivity contribution in [1.29, 1.82) is 0 Å². The zero-order valence-corrected chi connectivity index (χ0v) is 16.2. The SMILES string of the molecule is NC(=S)N/N=C/c1cc([N+](=O)[O-])c(N2CCCCC2)cc1N1CCCCC1. The van der Waals surface area contributed by atoms with Crippen molar-refractivity contribution in [1.82, 2.24) is 5.43 Å². The fraction of sp³-hybridized carbons (Fsp3) is 0.556. The van der Waals surface area contributed by atoms with Crippen LogP contribution in [0, 0.1) is 10.1 Å². The maximum atomic E-state index is 11.8. The molecule has 0 spiro atoms. The van der Waals surface area contributed by atoms with Gasteiger partial charge in [0.05, 0.1) is 11.1 Å². The van der Waals surface area contributed by atoms with Crippen LogP contribution in [-0.2, 0) is 0 Å². The Kier molecular flexibility index (Phi) is 6.44. The number of nitrogens with two attached hydrogens (primary N) is 1. The monoisotopic (exact) mass is 390 g/mol. The third-order valence-corrected chi connectivity index (χ3v) is 5.18. The molecule has 2 aliphatic heterocycles. The predicted molar refractivity (Wildman–Crippen MR) is 113 cm³/mol. The Morgan fingerprint density at radius 2 is 1.63 bits per heavy atom. The van der Waals surface area contributed by atoms with Crippen molar-refractivity contribution in [2.24, 2.45) is 10.8 Å². The zero-order valence-electron chi connectivity index (χ0n) is 15.4. The van der Waals surface area contributed by atoms with Gasteiger partial charge in [-0.1, -0.05) is 0 Å². The van der Waals surface area contributed by atoms with Gasteiger partial charge in [-0.25, -0.2) is 0 Å². The van der Waals surface area contributed by atoms with Crippen molar-refractivity contribution in [2.45, 2.75) is 38.5 Å². The first-order valence-corrected chi connectivity index (χ1v) is 9.88. The van der Waals surface area contributed by atoms with Crippen LogP contribution in [0.1, 0.15) is 44.1 Å². The molecule has 0 radical (unpaired) electrons. The first kappa shape index (κ1) is 19.3. The second-order valence-corrected chi connectivity index (χ2v) is 7.43. The number of nitrogens with zero attached hydrogens (tertiary/aromatic N) is 4. The van der Waals surface area contributed by atoms with Crippen molar-refractivity contribution in [2.75, 3.05) is 36.0 Å². The molecule has 0 atom stereocenters. The smallest absolute Gasteiger partial charge is 0.293 e. The van der Waals surface area contributed by atoms with Crippen LogP contribution in [0.2, 0.25) is 0 Å². The zero-order chi connectivity index (χ0) is 19.2. The van der Waals surface area contributed by atoms with E-state index in [1.54, 1.807) is 12.3 Å². The molecule has 0 amide bonds. The van der Waals surface area contributed by atoms with Gasteiger partial charge in [-0.05, 0) is 56.8 Å². The van der Waals surface area contributed by atoms with Gasteiger partial charge >= 0.3 is 0 Å². The maximum absolute atomic E-state index is 11.8. The number of benzene rings is 1. The topological polar surface area (TPSA) is 100 Å². The molecule has 1 aromatic rings. The Bertz CT molecular complexity index is 727. The molecule has 0 aliphatic carbocycles. The predicted octanol–water partition coefficient (Wildman–Crippen LogP) is 2.74. The average Bonchev–Trinajstić information content (AvgIpc) is 2.68. The van der Waals surface area contributed by atoms with E-state index in [0.29, 0.717) is 11.3 Å². The van der Waals surface area contributed by atoms with Crippen LogP contribution in [0.5, 0.6) is 0 Å². The standard InChI is InChI=1S/C18H26N6O2S/c19-18(27)21-20-13-14-11-17(24(25)26)16(23-9-5-2-6-10-23)12-15(14)22-7-3-1-4-8-22/h11-13H,1-10H2,(H3,19,21,27)/b20-13+. The van der Waals surface area contributed by atoms with Gasteiger partial charge in [0, 0.05) is 43.5 Å². The highest BCUT2D eigenvalue weighted by molar-refractivity contribution is 7.80.